The number of aryl methyl sites for hydroxylation is 1. The van der Waals surface area contributed by atoms with Crippen LogP contribution in [-0.4, -0.2) is 63.4 Å². The van der Waals surface area contributed by atoms with Gasteiger partial charge >= 0.3 is 0 Å². The van der Waals surface area contributed by atoms with Crippen molar-refractivity contribution >= 4 is 17.4 Å². The van der Waals surface area contributed by atoms with E-state index in [-0.39, 0.29) is 12.7 Å². The number of carbonyl (C=O) groups excluding carboxylic acids is 1. The Bertz CT molecular complexity index is 1040. The molecule has 144 valence electrons. The van der Waals surface area contributed by atoms with E-state index in [1.807, 2.05) is 40.6 Å². The molecule has 0 spiro atoms. The third kappa shape index (κ3) is 2.88. The number of hydrogen-bond acceptors (Lipinski definition) is 7. The molecule has 4 heterocycles. The number of anilines is 1. The van der Waals surface area contributed by atoms with E-state index in [1.54, 1.807) is 6.20 Å². The summed E-state index contributed by atoms with van der Waals surface area (Å²) in [5.41, 5.74) is 1.68. The summed E-state index contributed by atoms with van der Waals surface area (Å²) in [4.78, 5) is 21.3. The second-order valence-corrected chi connectivity index (χ2v) is 6.92. The van der Waals surface area contributed by atoms with Crippen LogP contribution in [0.5, 0.6) is 11.5 Å². The molecule has 0 radical (unpaired) electrons. The zero-order valence-corrected chi connectivity index (χ0v) is 15.5. The van der Waals surface area contributed by atoms with Gasteiger partial charge in [0.1, 0.15) is 5.82 Å². The molecule has 2 aliphatic heterocycles. The minimum Gasteiger partial charge on any atom is -0.454 e. The molecule has 5 rings (SSSR count). The highest BCUT2D eigenvalue weighted by Crippen LogP contribution is 2.32. The zero-order chi connectivity index (χ0) is 19.1. The van der Waals surface area contributed by atoms with E-state index >= 15 is 0 Å². The topological polar surface area (TPSA) is 85.1 Å². The lowest BCUT2D eigenvalue weighted by Gasteiger charge is -2.35. The molecule has 0 atom stereocenters. The van der Waals surface area contributed by atoms with E-state index in [0.29, 0.717) is 38.3 Å². The molecule has 0 N–H and O–H groups in total. The quantitative estimate of drug-likeness (QED) is 0.671. The Labute approximate surface area is 161 Å². The van der Waals surface area contributed by atoms with Gasteiger partial charge < -0.3 is 19.3 Å². The molecular formula is C19H20N6O3. The lowest BCUT2D eigenvalue weighted by molar-refractivity contribution is -0.130. The number of carbonyl (C=O) groups is 1. The molecule has 3 aromatic rings. The summed E-state index contributed by atoms with van der Waals surface area (Å²) < 4.78 is 12.6. The first-order chi connectivity index (χ1) is 13.7. The van der Waals surface area contributed by atoms with Gasteiger partial charge in [-0.2, -0.15) is 0 Å². The van der Waals surface area contributed by atoms with Crippen LogP contribution in [0.2, 0.25) is 0 Å². The van der Waals surface area contributed by atoms with Crippen molar-refractivity contribution in [3.63, 3.8) is 0 Å². The summed E-state index contributed by atoms with van der Waals surface area (Å²) in [5.74, 6) is 3.19. The zero-order valence-electron chi connectivity index (χ0n) is 15.5. The summed E-state index contributed by atoms with van der Waals surface area (Å²) in [5, 5.41) is 8.37. The summed E-state index contributed by atoms with van der Waals surface area (Å²) in [6.45, 7) is 4.88. The first-order valence-electron chi connectivity index (χ1n) is 9.26. The molecule has 0 unspecified atom stereocenters. The molecule has 1 saturated heterocycles. The van der Waals surface area contributed by atoms with Crippen LogP contribution in [-0.2, 0) is 11.2 Å². The van der Waals surface area contributed by atoms with Crippen molar-refractivity contribution in [2.75, 3.05) is 37.9 Å². The van der Waals surface area contributed by atoms with Gasteiger partial charge in [0, 0.05) is 38.6 Å². The molecule has 28 heavy (non-hydrogen) atoms. The van der Waals surface area contributed by atoms with Gasteiger partial charge in [0.15, 0.2) is 17.3 Å². The number of ether oxygens (including phenoxy) is 2. The monoisotopic (exact) mass is 380 g/mol. The van der Waals surface area contributed by atoms with Gasteiger partial charge in [-0.25, -0.2) is 4.98 Å². The fraction of sp³-hybridized carbons (Fsp3) is 0.368. The summed E-state index contributed by atoms with van der Waals surface area (Å²) >= 11 is 0. The maximum atomic E-state index is 12.7. The second kappa shape index (κ2) is 6.66. The Hall–Kier alpha value is -3.36. The van der Waals surface area contributed by atoms with Gasteiger partial charge in [0.25, 0.3) is 0 Å². The number of nitrogens with zero attached hydrogens (tertiary/aromatic N) is 6. The molecule has 1 amide bonds. The average molecular weight is 380 g/mol. The third-order valence-corrected chi connectivity index (χ3v) is 5.20. The normalized spacial score (nSPS) is 16.0. The van der Waals surface area contributed by atoms with Gasteiger partial charge in [-0.05, 0) is 24.6 Å². The Morgan fingerprint density at radius 3 is 2.79 bits per heavy atom. The molecule has 0 aliphatic carbocycles. The predicted molar refractivity (Wildman–Crippen MR) is 101 cm³/mol. The molecule has 0 saturated carbocycles. The number of benzene rings is 1. The summed E-state index contributed by atoms with van der Waals surface area (Å²) in [6.07, 6.45) is 3.98. The van der Waals surface area contributed by atoms with Gasteiger partial charge in [-0.3, -0.25) is 9.20 Å². The summed E-state index contributed by atoms with van der Waals surface area (Å²) in [7, 11) is 0. The Morgan fingerprint density at radius 2 is 1.93 bits per heavy atom. The second-order valence-electron chi connectivity index (χ2n) is 6.92. The van der Waals surface area contributed by atoms with Gasteiger partial charge in [-0.1, -0.05) is 6.07 Å². The van der Waals surface area contributed by atoms with Crippen molar-refractivity contribution in [3.8, 4) is 11.5 Å². The van der Waals surface area contributed by atoms with E-state index in [9.17, 15) is 4.79 Å². The van der Waals surface area contributed by atoms with E-state index in [4.69, 9.17) is 9.47 Å². The molecule has 9 nitrogen and oxygen atoms in total. The molecule has 0 bridgehead atoms. The third-order valence-electron chi connectivity index (χ3n) is 5.20. The first kappa shape index (κ1) is 16.8. The molecular weight excluding hydrogens is 360 g/mol. The minimum atomic E-state index is 0.114. The van der Waals surface area contributed by atoms with Gasteiger partial charge in [0.2, 0.25) is 18.3 Å². The van der Waals surface area contributed by atoms with E-state index in [2.05, 4.69) is 20.1 Å². The van der Waals surface area contributed by atoms with Crippen LogP contribution in [0.25, 0.3) is 5.65 Å². The predicted octanol–water partition coefficient (Wildman–Crippen LogP) is 1.05. The van der Waals surface area contributed by atoms with Crippen LogP contribution in [0, 0.1) is 6.92 Å². The van der Waals surface area contributed by atoms with Crippen LogP contribution in [0.3, 0.4) is 0 Å². The highest BCUT2D eigenvalue weighted by atomic mass is 16.7. The smallest absolute Gasteiger partial charge is 0.231 e. The molecule has 9 heteroatoms. The average Bonchev–Trinajstić information content (AvgIpc) is 3.34. The van der Waals surface area contributed by atoms with Gasteiger partial charge in [0.05, 0.1) is 6.42 Å². The van der Waals surface area contributed by atoms with Crippen LogP contribution in [0.1, 0.15) is 11.4 Å². The highest BCUT2D eigenvalue weighted by molar-refractivity contribution is 5.79. The highest BCUT2D eigenvalue weighted by Gasteiger charge is 2.24. The van der Waals surface area contributed by atoms with Crippen molar-refractivity contribution in [3.05, 3.63) is 42.0 Å². The molecule has 2 aromatic heterocycles. The van der Waals surface area contributed by atoms with Crippen LogP contribution in [0.15, 0.2) is 30.6 Å². The molecule has 2 aliphatic rings. The number of rotatable bonds is 3. The number of hydrogen-bond donors (Lipinski definition) is 0. The Morgan fingerprint density at radius 1 is 1.11 bits per heavy atom. The van der Waals surface area contributed by atoms with Crippen molar-refractivity contribution in [1.29, 1.82) is 0 Å². The molecule has 1 fully saturated rings. The largest absolute Gasteiger partial charge is 0.454 e. The van der Waals surface area contributed by atoms with Crippen LogP contribution in [0.4, 0.5) is 5.82 Å². The van der Waals surface area contributed by atoms with E-state index in [0.717, 1.165) is 28.6 Å². The fourth-order valence-corrected chi connectivity index (χ4v) is 3.66. The first-order valence-corrected chi connectivity index (χ1v) is 9.26. The minimum absolute atomic E-state index is 0.114. The lowest BCUT2D eigenvalue weighted by atomic mass is 10.1. The number of piperazine rings is 1. The van der Waals surface area contributed by atoms with E-state index in [1.165, 1.54) is 0 Å². The Kier molecular flexibility index (Phi) is 4.00. The van der Waals surface area contributed by atoms with Crippen molar-refractivity contribution in [2.24, 2.45) is 0 Å². The van der Waals surface area contributed by atoms with Crippen molar-refractivity contribution < 1.29 is 14.3 Å². The maximum absolute atomic E-state index is 12.7. The standard InChI is InChI=1S/C19H20N6O3/c1-13-21-22-19-18(20-4-5-25(13)19)24-8-6-23(7-9-24)17(26)11-14-2-3-15-16(10-14)28-12-27-15/h2-5,10H,6-9,11-12H2,1H3. The Balaban J connectivity index is 1.25. The van der Waals surface area contributed by atoms with Gasteiger partial charge in [-0.15, -0.1) is 10.2 Å². The summed E-state index contributed by atoms with van der Waals surface area (Å²) in [6, 6.07) is 5.66. The molecule has 1 aromatic carbocycles. The van der Waals surface area contributed by atoms with Crippen molar-refractivity contribution in [2.45, 2.75) is 13.3 Å². The van der Waals surface area contributed by atoms with Crippen LogP contribution < -0.4 is 14.4 Å². The van der Waals surface area contributed by atoms with E-state index < -0.39 is 0 Å². The van der Waals surface area contributed by atoms with Crippen molar-refractivity contribution in [1.82, 2.24) is 24.5 Å². The SMILES string of the molecule is Cc1nnc2c(N3CCN(C(=O)Cc4ccc5c(c4)OCO5)CC3)nccn12. The number of amides is 1. The fourth-order valence-electron chi connectivity index (χ4n) is 3.66. The lowest BCUT2D eigenvalue weighted by Crippen LogP contribution is -2.49. The number of fused-ring (bicyclic) bond motifs is 2. The van der Waals surface area contributed by atoms with Crippen LogP contribution >= 0.6 is 0 Å². The number of aromatic nitrogens is 4. The maximum Gasteiger partial charge on any atom is 0.231 e.